The lowest BCUT2D eigenvalue weighted by Gasteiger charge is -2.33. The third-order valence-electron chi connectivity index (χ3n) is 4.44. The average molecular weight is 315 g/mol. The Hall–Kier alpha value is -1.81. The Morgan fingerprint density at radius 3 is 2.91 bits per heavy atom. The topological polar surface area (TPSA) is 29.5 Å². The van der Waals surface area contributed by atoms with E-state index in [1.54, 1.807) is 11.3 Å². The van der Waals surface area contributed by atoms with Crippen LogP contribution in [0, 0.1) is 13.8 Å². The van der Waals surface area contributed by atoms with Crippen LogP contribution in [0.3, 0.4) is 0 Å². The number of aryl methyl sites for hydroxylation is 2. The van der Waals surface area contributed by atoms with E-state index < -0.39 is 0 Å². The van der Waals surface area contributed by atoms with Crippen LogP contribution in [0.15, 0.2) is 29.6 Å². The summed E-state index contributed by atoms with van der Waals surface area (Å²) in [5.41, 5.74) is 3.70. The first-order valence-electron chi connectivity index (χ1n) is 7.62. The summed E-state index contributed by atoms with van der Waals surface area (Å²) in [5, 5.41) is 2.11. The van der Waals surface area contributed by atoms with E-state index in [0.29, 0.717) is 0 Å². The molecule has 4 heteroatoms. The minimum absolute atomic E-state index is 0.0579. The first-order chi connectivity index (χ1) is 10.6. The predicted octanol–water partition coefficient (Wildman–Crippen LogP) is 3.89. The maximum atomic E-state index is 12.5. The maximum absolute atomic E-state index is 12.5. The van der Waals surface area contributed by atoms with Crippen molar-refractivity contribution in [1.29, 1.82) is 0 Å². The zero-order valence-electron chi connectivity index (χ0n) is 13.3. The van der Waals surface area contributed by atoms with Gasteiger partial charge in [0, 0.05) is 11.4 Å². The van der Waals surface area contributed by atoms with Crippen LogP contribution >= 0.6 is 11.3 Å². The molecule has 22 heavy (non-hydrogen) atoms. The fourth-order valence-corrected chi connectivity index (χ4v) is 3.84. The highest BCUT2D eigenvalue weighted by atomic mass is 32.1. The molecule has 1 amide bonds. The van der Waals surface area contributed by atoms with Gasteiger partial charge in [-0.15, -0.1) is 11.3 Å². The van der Waals surface area contributed by atoms with Crippen molar-refractivity contribution >= 4 is 17.2 Å². The number of hydrogen-bond acceptors (Lipinski definition) is 3. The number of fused-ring (bicyclic) bond motifs is 1. The van der Waals surface area contributed by atoms with Gasteiger partial charge in [0.1, 0.15) is 5.75 Å². The Kier molecular flexibility index (Phi) is 4.21. The van der Waals surface area contributed by atoms with Crippen LogP contribution in [-0.4, -0.2) is 24.0 Å². The predicted molar refractivity (Wildman–Crippen MR) is 89.6 cm³/mol. The van der Waals surface area contributed by atoms with Gasteiger partial charge in [-0.05, 0) is 67.5 Å². The van der Waals surface area contributed by atoms with E-state index in [2.05, 4.69) is 32.2 Å². The van der Waals surface area contributed by atoms with Crippen molar-refractivity contribution in [3.05, 3.63) is 51.2 Å². The summed E-state index contributed by atoms with van der Waals surface area (Å²) in [6, 6.07) is 8.21. The summed E-state index contributed by atoms with van der Waals surface area (Å²) < 4.78 is 5.69. The summed E-state index contributed by atoms with van der Waals surface area (Å²) in [5.74, 6) is 0.819. The number of thiophene rings is 1. The SMILES string of the molecule is Cc1ccc(OCC(=O)N2CCc3sccc3[C@@H]2C)cc1C. The van der Waals surface area contributed by atoms with Gasteiger partial charge in [-0.3, -0.25) is 4.79 Å². The molecule has 1 atom stereocenters. The quantitative estimate of drug-likeness (QED) is 0.860. The van der Waals surface area contributed by atoms with Crippen LogP contribution < -0.4 is 4.74 Å². The molecule has 0 unspecified atom stereocenters. The second-order valence-electron chi connectivity index (χ2n) is 5.85. The van der Waals surface area contributed by atoms with Crippen LogP contribution in [0.4, 0.5) is 0 Å². The lowest BCUT2D eigenvalue weighted by Crippen LogP contribution is -2.40. The van der Waals surface area contributed by atoms with Gasteiger partial charge in [0.15, 0.2) is 6.61 Å². The molecule has 1 aliphatic rings. The van der Waals surface area contributed by atoms with Gasteiger partial charge in [-0.25, -0.2) is 0 Å². The molecule has 0 spiro atoms. The van der Waals surface area contributed by atoms with Crippen molar-refractivity contribution in [2.75, 3.05) is 13.2 Å². The molecule has 2 aromatic rings. The molecule has 3 rings (SSSR count). The highest BCUT2D eigenvalue weighted by molar-refractivity contribution is 7.10. The number of rotatable bonds is 3. The molecule has 0 saturated heterocycles. The molecule has 0 N–H and O–H groups in total. The molecule has 0 aliphatic carbocycles. The molecule has 3 nitrogen and oxygen atoms in total. The van der Waals surface area contributed by atoms with Crippen molar-refractivity contribution in [3.63, 3.8) is 0 Å². The molecule has 0 radical (unpaired) electrons. The number of amides is 1. The zero-order valence-corrected chi connectivity index (χ0v) is 14.1. The number of nitrogens with zero attached hydrogens (tertiary/aromatic N) is 1. The fourth-order valence-electron chi connectivity index (χ4n) is 2.88. The van der Waals surface area contributed by atoms with E-state index in [9.17, 15) is 4.79 Å². The molecule has 1 aromatic heterocycles. The first kappa shape index (κ1) is 15.1. The molecule has 0 fully saturated rings. The van der Waals surface area contributed by atoms with Gasteiger partial charge in [0.2, 0.25) is 0 Å². The first-order valence-corrected chi connectivity index (χ1v) is 8.50. The summed E-state index contributed by atoms with van der Waals surface area (Å²) in [6.07, 6.45) is 0.951. The fraction of sp³-hybridized carbons (Fsp3) is 0.389. The third kappa shape index (κ3) is 2.88. The van der Waals surface area contributed by atoms with Crippen molar-refractivity contribution in [2.24, 2.45) is 0 Å². The van der Waals surface area contributed by atoms with Gasteiger partial charge in [-0.2, -0.15) is 0 Å². The van der Waals surface area contributed by atoms with Gasteiger partial charge in [0.25, 0.3) is 5.91 Å². The number of carbonyl (C=O) groups excluding carboxylic acids is 1. The molecular weight excluding hydrogens is 294 g/mol. The zero-order chi connectivity index (χ0) is 15.7. The van der Waals surface area contributed by atoms with Crippen LogP contribution in [0.1, 0.15) is 34.5 Å². The second-order valence-corrected chi connectivity index (χ2v) is 6.85. The summed E-state index contributed by atoms with van der Waals surface area (Å²) in [6.45, 7) is 7.10. The molecule has 0 saturated carbocycles. The summed E-state index contributed by atoms with van der Waals surface area (Å²) in [4.78, 5) is 15.8. The van der Waals surface area contributed by atoms with Gasteiger partial charge in [0.05, 0.1) is 6.04 Å². The van der Waals surface area contributed by atoms with E-state index in [1.807, 2.05) is 23.1 Å². The van der Waals surface area contributed by atoms with Gasteiger partial charge >= 0.3 is 0 Å². The minimum Gasteiger partial charge on any atom is -0.484 e. The third-order valence-corrected chi connectivity index (χ3v) is 5.43. The Bertz CT molecular complexity index is 692. The maximum Gasteiger partial charge on any atom is 0.261 e. The van der Waals surface area contributed by atoms with Crippen molar-refractivity contribution in [1.82, 2.24) is 4.90 Å². The average Bonchev–Trinajstić information content (AvgIpc) is 2.98. The van der Waals surface area contributed by atoms with Crippen molar-refractivity contribution < 1.29 is 9.53 Å². The van der Waals surface area contributed by atoms with Crippen LogP contribution in [-0.2, 0) is 11.2 Å². The van der Waals surface area contributed by atoms with E-state index in [4.69, 9.17) is 4.74 Å². The van der Waals surface area contributed by atoms with E-state index in [1.165, 1.54) is 21.6 Å². The summed E-state index contributed by atoms with van der Waals surface area (Å²) in [7, 11) is 0. The van der Waals surface area contributed by atoms with E-state index >= 15 is 0 Å². The van der Waals surface area contributed by atoms with Crippen LogP contribution in [0.25, 0.3) is 0 Å². The number of carbonyl (C=O) groups is 1. The Labute approximate surface area is 135 Å². The highest BCUT2D eigenvalue weighted by Crippen LogP contribution is 2.32. The smallest absolute Gasteiger partial charge is 0.261 e. The normalized spacial score (nSPS) is 17.2. The standard InChI is InChI=1S/C18H21NO2S/c1-12-4-5-15(10-13(12)2)21-11-18(20)19-8-6-17-16(14(19)3)7-9-22-17/h4-5,7,9-10,14H,6,8,11H2,1-3H3/t14-/m0/s1. The minimum atomic E-state index is 0.0579. The largest absolute Gasteiger partial charge is 0.484 e. The number of hydrogen-bond donors (Lipinski definition) is 0. The van der Waals surface area contributed by atoms with Gasteiger partial charge in [-0.1, -0.05) is 6.07 Å². The Morgan fingerprint density at radius 2 is 2.14 bits per heavy atom. The Balaban J connectivity index is 1.64. The molecule has 116 valence electrons. The lowest BCUT2D eigenvalue weighted by atomic mass is 10.0. The molecule has 2 heterocycles. The van der Waals surface area contributed by atoms with Crippen LogP contribution in [0.5, 0.6) is 5.75 Å². The Morgan fingerprint density at radius 1 is 1.32 bits per heavy atom. The number of benzene rings is 1. The monoisotopic (exact) mass is 315 g/mol. The van der Waals surface area contributed by atoms with Gasteiger partial charge < -0.3 is 9.64 Å². The van der Waals surface area contributed by atoms with E-state index in [0.717, 1.165) is 18.7 Å². The van der Waals surface area contributed by atoms with Crippen LogP contribution in [0.2, 0.25) is 0 Å². The highest BCUT2D eigenvalue weighted by Gasteiger charge is 2.28. The molecular formula is C18H21NO2S. The van der Waals surface area contributed by atoms with Crippen molar-refractivity contribution in [3.8, 4) is 5.75 Å². The molecule has 0 bridgehead atoms. The summed E-state index contributed by atoms with van der Waals surface area (Å²) >= 11 is 1.79. The van der Waals surface area contributed by atoms with E-state index in [-0.39, 0.29) is 18.6 Å². The molecule has 1 aromatic carbocycles. The lowest BCUT2D eigenvalue weighted by molar-refractivity contribution is -0.135. The molecule has 1 aliphatic heterocycles. The van der Waals surface area contributed by atoms with Crippen molar-refractivity contribution in [2.45, 2.75) is 33.2 Å². The number of ether oxygens (including phenoxy) is 1. The second kappa shape index (κ2) is 6.13.